The summed E-state index contributed by atoms with van der Waals surface area (Å²) < 4.78 is 1.36. The lowest BCUT2D eigenvalue weighted by molar-refractivity contribution is 0.0393. The minimum atomic E-state index is 0.355. The van der Waals surface area contributed by atoms with Gasteiger partial charge in [0.2, 0.25) is 0 Å². The molecule has 3 atom stereocenters. The first-order chi connectivity index (χ1) is 9.93. The number of fused-ring (bicyclic) bond motifs is 4. The molecule has 1 aromatic rings. The molecule has 1 nitrogen and oxygen atoms in total. The number of allylic oxidation sites excluding steroid dienone is 1. The van der Waals surface area contributed by atoms with Gasteiger partial charge >= 0.3 is 0 Å². The molecule has 3 rings (SSSR count). The highest BCUT2D eigenvalue weighted by molar-refractivity contribution is 9.11. The zero-order chi connectivity index (χ0) is 15.2. The van der Waals surface area contributed by atoms with Crippen LogP contribution in [0.5, 0.6) is 0 Å². The molecule has 3 unspecified atom stereocenters. The van der Waals surface area contributed by atoms with E-state index in [1.54, 1.807) is 11.1 Å². The Morgan fingerprint density at radius 3 is 2.76 bits per heavy atom. The number of halogens is 1. The van der Waals surface area contributed by atoms with E-state index in [9.17, 15) is 0 Å². The van der Waals surface area contributed by atoms with Crippen molar-refractivity contribution in [1.29, 1.82) is 0 Å². The van der Waals surface area contributed by atoms with Gasteiger partial charge in [0, 0.05) is 17.1 Å². The molecular formula is C19H26BrN. The van der Waals surface area contributed by atoms with Crippen LogP contribution in [0.3, 0.4) is 0 Å². The topological polar surface area (TPSA) is 3.24 Å². The predicted molar refractivity (Wildman–Crippen MR) is 93.9 cm³/mol. The molecule has 114 valence electrons. The van der Waals surface area contributed by atoms with Crippen molar-refractivity contribution in [2.24, 2.45) is 5.92 Å². The smallest absolute Gasteiger partial charge is 0.0302 e. The van der Waals surface area contributed by atoms with Crippen LogP contribution in [0.15, 0.2) is 34.3 Å². The molecule has 2 aliphatic rings. The molecule has 1 saturated heterocycles. The minimum absolute atomic E-state index is 0.355. The average Bonchev–Trinajstić information content (AvgIpc) is 2.45. The fraction of sp³-hybridized carbons (Fsp3) is 0.579. The summed E-state index contributed by atoms with van der Waals surface area (Å²) in [6.07, 6.45) is 2.47. The van der Waals surface area contributed by atoms with E-state index < -0.39 is 0 Å². The van der Waals surface area contributed by atoms with E-state index in [1.807, 2.05) is 0 Å². The maximum atomic E-state index is 3.77. The fourth-order valence-electron chi connectivity index (χ4n) is 4.21. The molecule has 1 aliphatic carbocycles. The monoisotopic (exact) mass is 347 g/mol. The van der Waals surface area contributed by atoms with E-state index in [1.165, 1.54) is 29.4 Å². The number of benzene rings is 1. The average molecular weight is 348 g/mol. The van der Waals surface area contributed by atoms with Crippen LogP contribution in [0, 0.1) is 5.92 Å². The standard InChI is InChI=1S/C19H26BrN/c1-13(2)17(20)12-21-10-9-19(4)14(3)18(21)11-15-7-5-6-8-16(15)19/h5-8,14,18H,9-12H2,1-4H3. The molecular weight excluding hydrogens is 322 g/mol. The van der Waals surface area contributed by atoms with E-state index in [4.69, 9.17) is 0 Å². The van der Waals surface area contributed by atoms with Gasteiger partial charge in [0.25, 0.3) is 0 Å². The molecule has 21 heavy (non-hydrogen) atoms. The van der Waals surface area contributed by atoms with Crippen molar-refractivity contribution in [3.63, 3.8) is 0 Å². The van der Waals surface area contributed by atoms with Crippen molar-refractivity contribution in [3.8, 4) is 0 Å². The Balaban J connectivity index is 1.94. The number of piperidine rings is 1. The third-order valence-corrected chi connectivity index (χ3v) is 6.96. The summed E-state index contributed by atoms with van der Waals surface area (Å²) in [6.45, 7) is 11.6. The second-order valence-corrected chi connectivity index (χ2v) is 8.22. The minimum Gasteiger partial charge on any atom is -0.295 e. The molecule has 1 aliphatic heterocycles. The normalized spacial score (nSPS) is 31.7. The summed E-state index contributed by atoms with van der Waals surface area (Å²) in [5, 5.41) is 0. The van der Waals surface area contributed by atoms with Crippen molar-refractivity contribution < 1.29 is 0 Å². The molecule has 2 bridgehead atoms. The Kier molecular flexibility index (Phi) is 4.04. The zero-order valence-electron chi connectivity index (χ0n) is 13.6. The fourth-order valence-corrected chi connectivity index (χ4v) is 4.53. The van der Waals surface area contributed by atoms with E-state index in [2.05, 4.69) is 72.8 Å². The van der Waals surface area contributed by atoms with Crippen LogP contribution < -0.4 is 0 Å². The molecule has 0 saturated carbocycles. The maximum Gasteiger partial charge on any atom is 0.0302 e. The first-order valence-corrected chi connectivity index (χ1v) is 8.87. The van der Waals surface area contributed by atoms with Crippen molar-refractivity contribution in [2.75, 3.05) is 13.1 Å². The summed E-state index contributed by atoms with van der Waals surface area (Å²) in [7, 11) is 0. The number of hydrogen-bond acceptors (Lipinski definition) is 1. The Morgan fingerprint density at radius 1 is 1.33 bits per heavy atom. The highest BCUT2D eigenvalue weighted by Crippen LogP contribution is 2.48. The molecule has 0 N–H and O–H groups in total. The highest BCUT2D eigenvalue weighted by atomic mass is 79.9. The van der Waals surface area contributed by atoms with E-state index in [0.717, 1.165) is 12.5 Å². The summed E-state index contributed by atoms with van der Waals surface area (Å²) in [6, 6.07) is 9.79. The van der Waals surface area contributed by atoms with Crippen molar-refractivity contribution >= 4 is 15.9 Å². The quantitative estimate of drug-likeness (QED) is 0.735. The molecule has 1 aromatic carbocycles. The van der Waals surface area contributed by atoms with E-state index in [0.29, 0.717) is 11.5 Å². The van der Waals surface area contributed by atoms with Crippen molar-refractivity contribution in [2.45, 2.75) is 52.0 Å². The van der Waals surface area contributed by atoms with Crippen LogP contribution >= 0.6 is 15.9 Å². The van der Waals surface area contributed by atoms with Gasteiger partial charge in [-0.15, -0.1) is 0 Å². The molecule has 0 aromatic heterocycles. The third kappa shape index (κ3) is 2.51. The Hall–Kier alpha value is -0.600. The van der Waals surface area contributed by atoms with E-state index in [-0.39, 0.29) is 0 Å². The molecule has 0 spiro atoms. The largest absolute Gasteiger partial charge is 0.295 e. The second-order valence-electron chi connectivity index (χ2n) is 7.26. The van der Waals surface area contributed by atoms with Crippen LogP contribution in [-0.2, 0) is 11.8 Å². The summed E-state index contributed by atoms with van der Waals surface area (Å²) in [4.78, 5) is 2.69. The first-order valence-electron chi connectivity index (χ1n) is 8.08. The van der Waals surface area contributed by atoms with Crippen molar-refractivity contribution in [1.82, 2.24) is 4.90 Å². The molecule has 0 radical (unpaired) electrons. The van der Waals surface area contributed by atoms with Crippen LogP contribution in [0.2, 0.25) is 0 Å². The number of rotatable bonds is 2. The Labute approximate surface area is 137 Å². The predicted octanol–water partition coefficient (Wildman–Crippen LogP) is 4.90. The lowest BCUT2D eigenvalue weighted by Gasteiger charge is -2.54. The molecule has 2 heteroatoms. The van der Waals surface area contributed by atoms with Gasteiger partial charge in [0.1, 0.15) is 0 Å². The van der Waals surface area contributed by atoms with Gasteiger partial charge in [-0.3, -0.25) is 4.90 Å². The van der Waals surface area contributed by atoms with Gasteiger partial charge < -0.3 is 0 Å². The van der Waals surface area contributed by atoms with Gasteiger partial charge in [0.05, 0.1) is 0 Å². The van der Waals surface area contributed by atoms with Gasteiger partial charge in [-0.25, -0.2) is 0 Å². The van der Waals surface area contributed by atoms with Crippen LogP contribution in [0.4, 0.5) is 0 Å². The summed E-state index contributed by atoms with van der Waals surface area (Å²) in [5.74, 6) is 0.721. The Bertz CT molecular complexity index is 573. The number of nitrogens with zero attached hydrogens (tertiary/aromatic N) is 1. The SMILES string of the molecule is CC(C)=C(Br)CN1CCC2(C)c3ccccc3CC1C2C. The molecule has 0 amide bonds. The van der Waals surface area contributed by atoms with Gasteiger partial charge in [0.15, 0.2) is 0 Å². The zero-order valence-corrected chi connectivity index (χ0v) is 15.2. The summed E-state index contributed by atoms with van der Waals surface area (Å²) >= 11 is 3.77. The van der Waals surface area contributed by atoms with Crippen molar-refractivity contribution in [3.05, 3.63) is 45.4 Å². The molecule has 1 heterocycles. The van der Waals surface area contributed by atoms with Crippen LogP contribution in [0.1, 0.15) is 45.2 Å². The highest BCUT2D eigenvalue weighted by Gasteiger charge is 2.48. The van der Waals surface area contributed by atoms with Crippen LogP contribution in [0.25, 0.3) is 0 Å². The van der Waals surface area contributed by atoms with E-state index >= 15 is 0 Å². The van der Waals surface area contributed by atoms with Gasteiger partial charge in [-0.05, 0) is 55.7 Å². The first kappa shape index (κ1) is 15.3. The summed E-state index contributed by atoms with van der Waals surface area (Å²) in [5.41, 5.74) is 4.93. The third-order valence-electron chi connectivity index (χ3n) is 5.92. The maximum absolute atomic E-state index is 3.77. The second kappa shape index (κ2) is 5.55. The lowest BCUT2D eigenvalue weighted by atomic mass is 9.59. The van der Waals surface area contributed by atoms with Gasteiger partial charge in [-0.2, -0.15) is 0 Å². The lowest BCUT2D eigenvalue weighted by Crippen LogP contribution is -2.58. The molecule has 1 fully saturated rings. The Morgan fingerprint density at radius 2 is 2.05 bits per heavy atom. The van der Waals surface area contributed by atoms with Gasteiger partial charge in [-0.1, -0.05) is 59.6 Å². The number of hydrogen-bond donors (Lipinski definition) is 0. The van der Waals surface area contributed by atoms with Crippen LogP contribution in [-0.4, -0.2) is 24.0 Å². The number of likely N-dealkylation sites (tertiary alicyclic amines) is 1.